The molecular weight excluding hydrogens is 155 g/mol. The molecule has 0 saturated heterocycles. The second kappa shape index (κ2) is 3.35. The van der Waals surface area contributed by atoms with Gasteiger partial charge in [0.15, 0.2) is 0 Å². The minimum atomic E-state index is -1.63. The van der Waals surface area contributed by atoms with E-state index in [-0.39, 0.29) is 11.0 Å². The van der Waals surface area contributed by atoms with Crippen molar-refractivity contribution in [2.75, 3.05) is 0 Å². The van der Waals surface area contributed by atoms with E-state index >= 15 is 0 Å². The van der Waals surface area contributed by atoms with Gasteiger partial charge < -0.3 is 10.0 Å². The lowest BCUT2D eigenvalue weighted by molar-refractivity contribution is 0.425. The predicted octanol–water partition coefficient (Wildman–Crippen LogP) is -1.06. The monoisotopic (exact) mass is 162 g/mol. The van der Waals surface area contributed by atoms with Crippen molar-refractivity contribution < 1.29 is 10.0 Å². The Morgan fingerprint density at radius 2 is 2.25 bits per heavy atom. The van der Waals surface area contributed by atoms with Crippen LogP contribution in [0, 0.1) is 18.3 Å². The second-order valence-corrected chi connectivity index (χ2v) is 2.40. The Labute approximate surface area is 70.3 Å². The third kappa shape index (κ3) is 1.61. The summed E-state index contributed by atoms with van der Waals surface area (Å²) >= 11 is 0. The molecule has 0 aromatic carbocycles. The smallest absolute Gasteiger partial charge is 0.423 e. The Balaban J connectivity index is 3.23. The molecule has 2 N–H and O–H groups in total. The van der Waals surface area contributed by atoms with Gasteiger partial charge in [-0.25, -0.2) is 0 Å². The maximum atomic E-state index is 8.79. The normalized spacial score (nSPS) is 9.17. The average molecular weight is 162 g/mol. The first-order chi connectivity index (χ1) is 5.65. The summed E-state index contributed by atoms with van der Waals surface area (Å²) in [5.41, 5.74) is 1.07. The Kier molecular flexibility index (Phi) is 2.43. The lowest BCUT2D eigenvalue weighted by Gasteiger charge is -2.01. The van der Waals surface area contributed by atoms with Crippen molar-refractivity contribution in [3.05, 3.63) is 23.5 Å². The van der Waals surface area contributed by atoms with E-state index in [0.717, 1.165) is 0 Å². The molecule has 12 heavy (non-hydrogen) atoms. The number of hydrogen-bond acceptors (Lipinski definition) is 4. The molecule has 0 fully saturated rings. The molecule has 1 heterocycles. The van der Waals surface area contributed by atoms with Crippen LogP contribution < -0.4 is 5.46 Å². The molecule has 0 amide bonds. The van der Waals surface area contributed by atoms with Gasteiger partial charge in [-0.1, -0.05) is 0 Å². The number of nitriles is 1. The van der Waals surface area contributed by atoms with Crippen molar-refractivity contribution in [3.8, 4) is 6.07 Å². The van der Waals surface area contributed by atoms with Crippen LogP contribution in [0.1, 0.15) is 11.3 Å². The van der Waals surface area contributed by atoms with E-state index < -0.39 is 7.12 Å². The average Bonchev–Trinajstić information content (AvgIpc) is 2.03. The minimum absolute atomic E-state index is 0.142. The highest BCUT2D eigenvalue weighted by Gasteiger charge is 2.16. The molecule has 60 valence electrons. The fraction of sp³-hybridized carbons (Fsp3) is 0.143. The summed E-state index contributed by atoms with van der Waals surface area (Å²) in [7, 11) is -1.63. The van der Waals surface area contributed by atoms with E-state index in [2.05, 4.69) is 4.98 Å². The van der Waals surface area contributed by atoms with Crippen molar-refractivity contribution in [2.24, 2.45) is 0 Å². The van der Waals surface area contributed by atoms with Gasteiger partial charge in [-0.2, -0.15) is 5.26 Å². The quantitative estimate of drug-likeness (QED) is 0.516. The van der Waals surface area contributed by atoms with Crippen molar-refractivity contribution in [1.29, 1.82) is 5.26 Å². The van der Waals surface area contributed by atoms with E-state index in [0.29, 0.717) is 5.69 Å². The zero-order valence-electron chi connectivity index (χ0n) is 6.52. The van der Waals surface area contributed by atoms with Gasteiger partial charge in [0.1, 0.15) is 0 Å². The van der Waals surface area contributed by atoms with E-state index in [4.69, 9.17) is 15.3 Å². The van der Waals surface area contributed by atoms with Crippen LogP contribution in [0.2, 0.25) is 0 Å². The summed E-state index contributed by atoms with van der Waals surface area (Å²) in [5.74, 6) is 0. The standard InChI is InChI=1S/C7H7BN2O2/c1-5-2-6(3-9)7(4-10-5)8(11)12/h2,4,11-12H,1H3. The number of pyridine rings is 1. The van der Waals surface area contributed by atoms with Crippen LogP contribution in [0.5, 0.6) is 0 Å². The zero-order valence-corrected chi connectivity index (χ0v) is 6.52. The van der Waals surface area contributed by atoms with Crippen molar-refractivity contribution in [2.45, 2.75) is 6.92 Å². The number of aromatic nitrogens is 1. The summed E-state index contributed by atoms with van der Waals surface area (Å²) in [6.45, 7) is 1.73. The molecule has 0 bridgehead atoms. The van der Waals surface area contributed by atoms with Gasteiger partial charge >= 0.3 is 7.12 Å². The Morgan fingerprint density at radius 1 is 1.58 bits per heavy atom. The van der Waals surface area contributed by atoms with Crippen LogP contribution in [0.15, 0.2) is 12.3 Å². The molecule has 1 aromatic heterocycles. The lowest BCUT2D eigenvalue weighted by Crippen LogP contribution is -2.32. The Morgan fingerprint density at radius 3 is 2.75 bits per heavy atom. The molecule has 1 rings (SSSR count). The first kappa shape index (κ1) is 8.72. The summed E-state index contributed by atoms with van der Waals surface area (Å²) in [6, 6.07) is 3.37. The number of hydrogen-bond donors (Lipinski definition) is 2. The zero-order chi connectivity index (χ0) is 9.14. The molecule has 4 nitrogen and oxygen atoms in total. The molecule has 5 heteroatoms. The van der Waals surface area contributed by atoms with Gasteiger partial charge in [-0.3, -0.25) is 4.98 Å². The van der Waals surface area contributed by atoms with Crippen LogP contribution in [-0.2, 0) is 0 Å². The number of rotatable bonds is 1. The van der Waals surface area contributed by atoms with Crippen LogP contribution in [-0.4, -0.2) is 22.2 Å². The highest BCUT2D eigenvalue weighted by molar-refractivity contribution is 6.59. The molecule has 1 aromatic rings. The lowest BCUT2D eigenvalue weighted by atomic mass is 9.78. The fourth-order valence-corrected chi connectivity index (χ4v) is 0.873. The van der Waals surface area contributed by atoms with Crippen LogP contribution in [0.4, 0.5) is 0 Å². The summed E-state index contributed by atoms with van der Waals surface area (Å²) in [6.07, 6.45) is 1.29. The summed E-state index contributed by atoms with van der Waals surface area (Å²) < 4.78 is 0. The third-order valence-electron chi connectivity index (χ3n) is 1.47. The van der Waals surface area contributed by atoms with Crippen LogP contribution >= 0.6 is 0 Å². The Bertz CT molecular complexity index is 333. The van der Waals surface area contributed by atoms with Gasteiger partial charge in [0.05, 0.1) is 11.6 Å². The second-order valence-electron chi connectivity index (χ2n) is 2.40. The van der Waals surface area contributed by atoms with Gasteiger partial charge in [0, 0.05) is 17.4 Å². The molecule has 0 saturated carbocycles. The molecular formula is C7H7BN2O2. The van der Waals surface area contributed by atoms with Gasteiger partial charge in [0.2, 0.25) is 0 Å². The molecule has 0 aliphatic rings. The maximum Gasteiger partial charge on any atom is 0.491 e. The van der Waals surface area contributed by atoms with Gasteiger partial charge in [-0.15, -0.1) is 0 Å². The van der Waals surface area contributed by atoms with Crippen LogP contribution in [0.3, 0.4) is 0 Å². The fourth-order valence-electron chi connectivity index (χ4n) is 0.873. The number of nitrogens with zero attached hydrogens (tertiary/aromatic N) is 2. The van der Waals surface area contributed by atoms with E-state index in [1.165, 1.54) is 12.3 Å². The van der Waals surface area contributed by atoms with Gasteiger partial charge in [0.25, 0.3) is 0 Å². The van der Waals surface area contributed by atoms with Crippen molar-refractivity contribution in [3.63, 3.8) is 0 Å². The topological polar surface area (TPSA) is 77.1 Å². The largest absolute Gasteiger partial charge is 0.491 e. The minimum Gasteiger partial charge on any atom is -0.423 e. The molecule has 0 aliphatic carbocycles. The maximum absolute atomic E-state index is 8.79. The SMILES string of the molecule is Cc1cc(C#N)c(B(O)O)cn1. The predicted molar refractivity (Wildman–Crippen MR) is 43.5 cm³/mol. The third-order valence-corrected chi connectivity index (χ3v) is 1.47. The molecule has 0 aliphatic heterocycles. The van der Waals surface area contributed by atoms with E-state index in [1.807, 2.05) is 6.07 Å². The van der Waals surface area contributed by atoms with Crippen LogP contribution in [0.25, 0.3) is 0 Å². The van der Waals surface area contributed by atoms with E-state index in [1.54, 1.807) is 6.92 Å². The van der Waals surface area contributed by atoms with Gasteiger partial charge in [-0.05, 0) is 13.0 Å². The van der Waals surface area contributed by atoms with Crippen molar-refractivity contribution in [1.82, 2.24) is 4.98 Å². The summed E-state index contributed by atoms with van der Waals surface area (Å²) in [4.78, 5) is 3.84. The molecule has 0 atom stereocenters. The Hall–Kier alpha value is -1.38. The highest BCUT2D eigenvalue weighted by Crippen LogP contribution is 1.96. The van der Waals surface area contributed by atoms with E-state index in [9.17, 15) is 0 Å². The molecule has 0 unspecified atom stereocenters. The molecule has 0 radical (unpaired) electrons. The first-order valence-electron chi connectivity index (χ1n) is 3.38. The molecule has 0 spiro atoms. The summed E-state index contributed by atoms with van der Waals surface area (Å²) in [5, 5.41) is 26.2. The first-order valence-corrected chi connectivity index (χ1v) is 3.38. The highest BCUT2D eigenvalue weighted by atomic mass is 16.4. The number of aryl methyl sites for hydroxylation is 1. The van der Waals surface area contributed by atoms with Crippen molar-refractivity contribution >= 4 is 12.6 Å².